The number of Topliss-reactive ketones (excluding diaryl/α,β-unsaturated/α-hetero) is 1. The second kappa shape index (κ2) is 7.84. The zero-order valence-corrected chi connectivity index (χ0v) is 18.4. The summed E-state index contributed by atoms with van der Waals surface area (Å²) in [5.41, 5.74) is 2.97. The van der Waals surface area contributed by atoms with Gasteiger partial charge in [0, 0.05) is 16.1 Å². The van der Waals surface area contributed by atoms with Gasteiger partial charge >= 0.3 is 0 Å². The lowest BCUT2D eigenvalue weighted by Gasteiger charge is -2.26. The van der Waals surface area contributed by atoms with E-state index in [2.05, 4.69) is 0 Å². The molecule has 1 amide bonds. The summed E-state index contributed by atoms with van der Waals surface area (Å²) in [6, 6.07) is 13.8. The van der Waals surface area contributed by atoms with Crippen molar-refractivity contribution in [1.29, 1.82) is 0 Å². The summed E-state index contributed by atoms with van der Waals surface area (Å²) in [7, 11) is 0. The van der Waals surface area contributed by atoms with Gasteiger partial charge in [-0.05, 0) is 60.7 Å². The Morgan fingerprint density at radius 1 is 1.03 bits per heavy atom. The third kappa shape index (κ3) is 3.26. The maximum absolute atomic E-state index is 13.2. The van der Waals surface area contributed by atoms with Crippen LogP contribution < -0.4 is 14.4 Å². The molecule has 5 rings (SSSR count). The van der Waals surface area contributed by atoms with Gasteiger partial charge in [-0.2, -0.15) is 0 Å². The molecule has 0 aliphatic carbocycles. The van der Waals surface area contributed by atoms with Crippen LogP contribution in [0.4, 0.5) is 5.69 Å². The number of carbonyl (C=O) groups excluding carboxylic acids is 2. The van der Waals surface area contributed by atoms with Crippen LogP contribution in [0.3, 0.4) is 0 Å². The molecule has 7 heteroatoms. The zero-order valence-electron chi connectivity index (χ0n) is 17.6. The molecule has 2 aromatic carbocycles. The van der Waals surface area contributed by atoms with Crippen LogP contribution in [0.5, 0.6) is 11.5 Å². The molecule has 32 heavy (non-hydrogen) atoms. The minimum atomic E-state index is -0.719. The zero-order chi connectivity index (χ0) is 22.4. The van der Waals surface area contributed by atoms with Gasteiger partial charge in [0.1, 0.15) is 25.0 Å². The number of rotatable bonds is 3. The molecular weight excluding hydrogens is 426 g/mol. The lowest BCUT2D eigenvalue weighted by Crippen LogP contribution is -2.29. The van der Waals surface area contributed by atoms with Gasteiger partial charge in [0.2, 0.25) is 0 Å². The summed E-state index contributed by atoms with van der Waals surface area (Å²) in [5.74, 6) is -0.519. The minimum Gasteiger partial charge on any atom is -0.507 e. The Balaban J connectivity index is 1.70. The number of carbonyl (C=O) groups is 2. The molecular formula is C25H21NO5S. The van der Waals surface area contributed by atoms with Crippen molar-refractivity contribution in [2.75, 3.05) is 18.1 Å². The molecule has 0 bridgehead atoms. The van der Waals surface area contributed by atoms with Crippen molar-refractivity contribution >= 4 is 34.5 Å². The van der Waals surface area contributed by atoms with Gasteiger partial charge in [0.25, 0.3) is 11.7 Å². The highest BCUT2D eigenvalue weighted by molar-refractivity contribution is 7.10. The number of aliphatic hydroxyl groups excluding tert-OH is 1. The van der Waals surface area contributed by atoms with Gasteiger partial charge in [0.15, 0.2) is 11.5 Å². The number of amides is 1. The number of aryl methyl sites for hydroxylation is 2. The van der Waals surface area contributed by atoms with E-state index in [-0.39, 0.29) is 11.3 Å². The van der Waals surface area contributed by atoms with Crippen molar-refractivity contribution in [1.82, 2.24) is 0 Å². The number of thiophene rings is 1. The largest absolute Gasteiger partial charge is 0.507 e. The predicted molar refractivity (Wildman–Crippen MR) is 122 cm³/mol. The van der Waals surface area contributed by atoms with Gasteiger partial charge in [0.05, 0.1) is 5.57 Å². The van der Waals surface area contributed by atoms with E-state index < -0.39 is 17.7 Å². The molecule has 6 nitrogen and oxygen atoms in total. The van der Waals surface area contributed by atoms with E-state index in [0.717, 1.165) is 16.0 Å². The first-order valence-electron chi connectivity index (χ1n) is 10.3. The number of ketones is 1. The van der Waals surface area contributed by atoms with Crippen LogP contribution in [-0.4, -0.2) is 30.0 Å². The first-order chi connectivity index (χ1) is 15.5. The van der Waals surface area contributed by atoms with Crippen molar-refractivity contribution in [2.45, 2.75) is 19.9 Å². The average Bonchev–Trinajstić information content (AvgIpc) is 3.42. The van der Waals surface area contributed by atoms with Gasteiger partial charge in [-0.25, -0.2) is 0 Å². The molecule has 1 aromatic heterocycles. The average molecular weight is 448 g/mol. The summed E-state index contributed by atoms with van der Waals surface area (Å²) >= 11 is 1.44. The highest BCUT2D eigenvalue weighted by Crippen LogP contribution is 2.45. The number of hydrogen-bond acceptors (Lipinski definition) is 6. The summed E-state index contributed by atoms with van der Waals surface area (Å²) in [6.07, 6.45) is 0. The van der Waals surface area contributed by atoms with Crippen molar-refractivity contribution < 1.29 is 24.2 Å². The highest BCUT2D eigenvalue weighted by Gasteiger charge is 2.47. The summed E-state index contributed by atoms with van der Waals surface area (Å²) in [4.78, 5) is 28.8. The lowest BCUT2D eigenvalue weighted by atomic mass is 9.99. The Hall–Kier alpha value is -3.58. The molecule has 3 aromatic rings. The van der Waals surface area contributed by atoms with Crippen molar-refractivity contribution in [3.63, 3.8) is 0 Å². The second-order valence-corrected chi connectivity index (χ2v) is 8.81. The van der Waals surface area contributed by atoms with Crippen molar-refractivity contribution in [3.05, 3.63) is 81.1 Å². The molecule has 0 saturated carbocycles. The third-order valence-electron chi connectivity index (χ3n) is 5.70. The van der Waals surface area contributed by atoms with E-state index in [4.69, 9.17) is 9.47 Å². The van der Waals surface area contributed by atoms with Crippen LogP contribution in [0.25, 0.3) is 5.76 Å². The molecule has 1 N–H and O–H groups in total. The van der Waals surface area contributed by atoms with E-state index >= 15 is 0 Å². The normalized spacial score (nSPS) is 19.4. The molecule has 162 valence electrons. The molecule has 1 atom stereocenters. The van der Waals surface area contributed by atoms with E-state index in [1.54, 1.807) is 18.2 Å². The SMILES string of the molecule is Cc1ccc(C)c(N2C(=O)C(=O)/C(=C(\O)c3ccc4c(c3)OCCO4)C2c2cccs2)c1. The van der Waals surface area contributed by atoms with Crippen LogP contribution in [0.2, 0.25) is 0 Å². The highest BCUT2D eigenvalue weighted by atomic mass is 32.1. The predicted octanol–water partition coefficient (Wildman–Crippen LogP) is 4.76. The fourth-order valence-electron chi connectivity index (χ4n) is 4.12. The quantitative estimate of drug-likeness (QED) is 0.356. The fourth-order valence-corrected chi connectivity index (χ4v) is 4.95. The Morgan fingerprint density at radius 3 is 2.56 bits per heavy atom. The van der Waals surface area contributed by atoms with Crippen molar-refractivity contribution in [2.24, 2.45) is 0 Å². The molecule has 1 saturated heterocycles. The summed E-state index contributed by atoms with van der Waals surface area (Å²) < 4.78 is 11.2. The first-order valence-corrected chi connectivity index (χ1v) is 11.2. The van der Waals surface area contributed by atoms with Crippen LogP contribution in [0, 0.1) is 13.8 Å². The number of ether oxygens (including phenoxy) is 2. The maximum Gasteiger partial charge on any atom is 0.300 e. The topological polar surface area (TPSA) is 76.1 Å². The number of anilines is 1. The number of hydrogen-bond donors (Lipinski definition) is 1. The minimum absolute atomic E-state index is 0.0648. The van der Waals surface area contributed by atoms with E-state index in [1.807, 2.05) is 49.6 Å². The van der Waals surface area contributed by atoms with Crippen LogP contribution in [0.15, 0.2) is 59.5 Å². The van der Waals surface area contributed by atoms with Crippen LogP contribution >= 0.6 is 11.3 Å². The lowest BCUT2D eigenvalue weighted by molar-refractivity contribution is -0.132. The number of benzene rings is 2. The number of fused-ring (bicyclic) bond motifs is 1. The van der Waals surface area contributed by atoms with Crippen LogP contribution in [-0.2, 0) is 9.59 Å². The number of aliphatic hydroxyl groups is 1. The smallest absolute Gasteiger partial charge is 0.300 e. The molecule has 2 aliphatic rings. The first kappa shape index (κ1) is 20.3. The van der Waals surface area contributed by atoms with Gasteiger partial charge in [-0.3, -0.25) is 14.5 Å². The van der Waals surface area contributed by atoms with E-state index in [9.17, 15) is 14.7 Å². The van der Waals surface area contributed by atoms with Gasteiger partial charge in [-0.15, -0.1) is 11.3 Å². The summed E-state index contributed by atoms with van der Waals surface area (Å²) in [5, 5.41) is 13.1. The molecule has 0 radical (unpaired) electrons. The standard InChI is InChI=1S/C25H21NO5S/c1-14-5-6-15(2)17(12-14)26-22(20-4-3-11-32-20)21(24(28)25(26)29)23(27)16-7-8-18-19(13-16)31-10-9-30-18/h3-8,11-13,22,27H,9-10H2,1-2H3/b23-21-. The molecule has 0 spiro atoms. The fraction of sp³-hybridized carbons (Fsp3) is 0.200. The number of nitrogens with zero attached hydrogens (tertiary/aromatic N) is 1. The van der Waals surface area contributed by atoms with Gasteiger partial charge in [-0.1, -0.05) is 18.2 Å². The Kier molecular flexibility index (Phi) is 4.98. The molecule has 1 fully saturated rings. The monoisotopic (exact) mass is 447 g/mol. The Bertz CT molecular complexity index is 1260. The second-order valence-electron chi connectivity index (χ2n) is 7.83. The van der Waals surface area contributed by atoms with Crippen molar-refractivity contribution in [3.8, 4) is 11.5 Å². The van der Waals surface area contributed by atoms with Gasteiger partial charge < -0.3 is 14.6 Å². The van der Waals surface area contributed by atoms with Crippen LogP contribution in [0.1, 0.15) is 27.6 Å². The Morgan fingerprint density at radius 2 is 1.81 bits per heavy atom. The Labute approximate surface area is 189 Å². The third-order valence-corrected chi connectivity index (χ3v) is 6.62. The van der Waals surface area contributed by atoms with E-state index in [1.165, 1.54) is 16.2 Å². The molecule has 3 heterocycles. The molecule has 1 unspecified atom stereocenters. The molecule has 2 aliphatic heterocycles. The van der Waals surface area contributed by atoms with E-state index in [0.29, 0.717) is 36.0 Å². The maximum atomic E-state index is 13.2. The summed E-state index contributed by atoms with van der Waals surface area (Å²) in [6.45, 7) is 4.70.